The van der Waals surface area contributed by atoms with Crippen LogP contribution in [-0.4, -0.2) is 63.1 Å². The van der Waals surface area contributed by atoms with Crippen molar-refractivity contribution in [3.63, 3.8) is 0 Å². The fourth-order valence-electron chi connectivity index (χ4n) is 4.25. The van der Waals surface area contributed by atoms with Crippen molar-refractivity contribution in [2.24, 2.45) is 0 Å². The van der Waals surface area contributed by atoms with Gasteiger partial charge in [0.2, 0.25) is 10.0 Å². The van der Waals surface area contributed by atoms with E-state index in [4.69, 9.17) is 0 Å². The molecule has 2 saturated heterocycles. The number of rotatable bonds is 3. The Bertz CT molecular complexity index is 708. The maximum absolute atomic E-state index is 12.6. The average molecular weight is 365 g/mol. The quantitative estimate of drug-likeness (QED) is 0.854. The minimum atomic E-state index is -3.44. The predicted octanol–water partition coefficient (Wildman–Crippen LogP) is 1.67. The molecule has 2 N–H and O–H groups in total. The van der Waals surface area contributed by atoms with E-state index in [1.807, 2.05) is 12.1 Å². The van der Waals surface area contributed by atoms with Crippen molar-refractivity contribution in [3.05, 3.63) is 24.3 Å². The topological polar surface area (TPSA) is 64.7 Å². The molecule has 4 rings (SSSR count). The van der Waals surface area contributed by atoms with Crippen LogP contribution in [-0.2, 0) is 10.0 Å². The molecule has 0 radical (unpaired) electrons. The van der Waals surface area contributed by atoms with Gasteiger partial charge < -0.3 is 15.1 Å². The maximum Gasteiger partial charge on any atom is 0.244 e. The highest BCUT2D eigenvalue weighted by atomic mass is 32.2. The third kappa shape index (κ3) is 3.69. The minimum Gasteiger partial charge on any atom is -0.365 e. The monoisotopic (exact) mass is 364 g/mol. The van der Waals surface area contributed by atoms with E-state index in [0.29, 0.717) is 4.90 Å². The number of piperidine rings is 2. The van der Waals surface area contributed by atoms with Crippen LogP contribution in [0, 0.1) is 0 Å². The van der Waals surface area contributed by atoms with Gasteiger partial charge in [-0.3, -0.25) is 0 Å². The summed E-state index contributed by atoms with van der Waals surface area (Å²) in [6.45, 7) is 6.53. The number of hydrogen-bond acceptors (Lipinski definition) is 5. The lowest BCUT2D eigenvalue weighted by molar-refractivity contribution is 0.135. The molecule has 138 valence electrons. The van der Waals surface area contributed by atoms with Gasteiger partial charge >= 0.3 is 0 Å². The summed E-state index contributed by atoms with van der Waals surface area (Å²) < 4.78 is 28.1. The van der Waals surface area contributed by atoms with Gasteiger partial charge in [-0.25, -0.2) is 8.42 Å². The number of likely N-dealkylation sites (tertiary alicyclic amines) is 2. The van der Waals surface area contributed by atoms with Gasteiger partial charge in [0.05, 0.1) is 5.69 Å². The lowest BCUT2D eigenvalue weighted by Crippen LogP contribution is -2.62. The Labute approximate surface area is 150 Å². The van der Waals surface area contributed by atoms with Crippen molar-refractivity contribution in [1.29, 1.82) is 0 Å². The molecule has 1 aromatic carbocycles. The molecule has 1 spiro atoms. The number of fused-ring (bicyclic) bond motifs is 1. The van der Waals surface area contributed by atoms with Gasteiger partial charge in [0.15, 0.2) is 0 Å². The Morgan fingerprint density at radius 3 is 2.28 bits per heavy atom. The van der Waals surface area contributed by atoms with Crippen molar-refractivity contribution in [1.82, 2.24) is 14.5 Å². The first kappa shape index (κ1) is 17.3. The van der Waals surface area contributed by atoms with Crippen LogP contribution in [0.2, 0.25) is 0 Å². The molecule has 0 atom stereocenters. The van der Waals surface area contributed by atoms with Crippen molar-refractivity contribution < 1.29 is 8.42 Å². The largest absolute Gasteiger partial charge is 0.365 e. The molecular formula is C18H28N4O2S. The minimum absolute atomic E-state index is 0.355. The van der Waals surface area contributed by atoms with E-state index < -0.39 is 15.7 Å². The van der Waals surface area contributed by atoms with E-state index in [1.165, 1.54) is 32.4 Å². The second-order valence-corrected chi connectivity index (χ2v) is 9.20. The Balaban J connectivity index is 1.37. The summed E-state index contributed by atoms with van der Waals surface area (Å²) in [6, 6.07) is 7.17. The van der Waals surface area contributed by atoms with Crippen LogP contribution in [0.1, 0.15) is 32.1 Å². The molecule has 2 fully saturated rings. The van der Waals surface area contributed by atoms with Crippen LogP contribution in [0.3, 0.4) is 0 Å². The van der Waals surface area contributed by atoms with E-state index in [1.54, 1.807) is 12.1 Å². The Morgan fingerprint density at radius 1 is 0.920 bits per heavy atom. The summed E-state index contributed by atoms with van der Waals surface area (Å²) >= 11 is 0. The number of sulfonamides is 1. The third-order valence-corrected chi connectivity index (χ3v) is 7.37. The zero-order valence-corrected chi connectivity index (χ0v) is 15.5. The second-order valence-electron chi connectivity index (χ2n) is 7.55. The molecule has 3 aliphatic heterocycles. The van der Waals surface area contributed by atoms with Crippen LogP contribution in [0.25, 0.3) is 0 Å². The van der Waals surface area contributed by atoms with Gasteiger partial charge in [0, 0.05) is 26.2 Å². The average Bonchev–Trinajstić information content (AvgIpc) is 2.62. The zero-order valence-electron chi connectivity index (χ0n) is 14.7. The predicted molar refractivity (Wildman–Crippen MR) is 99.1 cm³/mol. The van der Waals surface area contributed by atoms with E-state index in [9.17, 15) is 8.42 Å². The van der Waals surface area contributed by atoms with Crippen molar-refractivity contribution >= 4 is 15.7 Å². The Hall–Kier alpha value is -1.15. The third-order valence-electron chi connectivity index (χ3n) is 5.77. The lowest BCUT2D eigenvalue weighted by Gasteiger charge is -2.46. The number of hydrogen-bond donors (Lipinski definition) is 2. The lowest BCUT2D eigenvalue weighted by atomic mass is 9.97. The highest BCUT2D eigenvalue weighted by molar-refractivity contribution is 7.89. The summed E-state index contributed by atoms with van der Waals surface area (Å²) in [5.74, 6) is 0. The van der Waals surface area contributed by atoms with Gasteiger partial charge in [-0.15, -0.1) is 0 Å². The highest BCUT2D eigenvalue weighted by Crippen LogP contribution is 2.34. The van der Waals surface area contributed by atoms with Gasteiger partial charge in [0.25, 0.3) is 0 Å². The van der Waals surface area contributed by atoms with Crippen molar-refractivity contribution in [2.75, 3.05) is 44.6 Å². The fourth-order valence-corrected chi connectivity index (χ4v) is 5.80. The molecule has 0 aliphatic carbocycles. The summed E-state index contributed by atoms with van der Waals surface area (Å²) in [5.41, 5.74) is 0.192. The molecular weight excluding hydrogens is 336 g/mol. The number of benzene rings is 1. The van der Waals surface area contributed by atoms with Crippen LogP contribution < -0.4 is 10.0 Å². The van der Waals surface area contributed by atoms with Crippen molar-refractivity contribution in [3.8, 4) is 0 Å². The number of nitrogens with zero attached hydrogens (tertiary/aromatic N) is 2. The van der Waals surface area contributed by atoms with E-state index in [0.717, 1.165) is 44.7 Å². The molecule has 3 aliphatic rings. The molecule has 0 bridgehead atoms. The van der Waals surface area contributed by atoms with Gasteiger partial charge in [-0.05, 0) is 50.9 Å². The first-order valence-corrected chi connectivity index (χ1v) is 10.9. The first-order valence-electron chi connectivity index (χ1n) is 9.42. The van der Waals surface area contributed by atoms with Gasteiger partial charge in [-0.2, -0.15) is 4.72 Å². The molecule has 6 nitrogen and oxygen atoms in total. The molecule has 0 aromatic heterocycles. The molecule has 25 heavy (non-hydrogen) atoms. The highest BCUT2D eigenvalue weighted by Gasteiger charge is 2.42. The second kappa shape index (κ2) is 6.87. The SMILES string of the molecule is O=S1(=O)NC2(CCN(CCN3CCCCC3)CC2)Nc2ccccc21. The van der Waals surface area contributed by atoms with E-state index in [-0.39, 0.29) is 0 Å². The van der Waals surface area contributed by atoms with Crippen LogP contribution >= 0.6 is 0 Å². The Kier molecular flexibility index (Phi) is 4.75. The van der Waals surface area contributed by atoms with Crippen LogP contribution in [0.15, 0.2) is 29.2 Å². The molecule has 3 heterocycles. The summed E-state index contributed by atoms with van der Waals surface area (Å²) in [4.78, 5) is 5.38. The molecule has 0 saturated carbocycles. The molecule has 1 aromatic rings. The Morgan fingerprint density at radius 2 is 1.56 bits per heavy atom. The maximum atomic E-state index is 12.6. The molecule has 7 heteroatoms. The summed E-state index contributed by atoms with van der Waals surface area (Å²) in [6.07, 6.45) is 5.61. The number of anilines is 1. The van der Waals surface area contributed by atoms with Crippen LogP contribution in [0.4, 0.5) is 5.69 Å². The summed E-state index contributed by atoms with van der Waals surface area (Å²) in [5, 5.41) is 3.47. The van der Waals surface area contributed by atoms with Crippen molar-refractivity contribution in [2.45, 2.75) is 42.7 Å². The fraction of sp³-hybridized carbons (Fsp3) is 0.667. The smallest absolute Gasteiger partial charge is 0.244 e. The van der Waals surface area contributed by atoms with Gasteiger partial charge in [0.1, 0.15) is 10.6 Å². The number of nitrogens with one attached hydrogen (secondary N) is 2. The van der Waals surface area contributed by atoms with E-state index >= 15 is 0 Å². The molecule has 0 unspecified atom stereocenters. The normalized spacial score (nSPS) is 26.1. The summed E-state index contributed by atoms with van der Waals surface area (Å²) in [7, 11) is -3.44. The standard InChI is InChI=1S/C18H28N4O2S/c23-25(24)17-7-3-2-6-16(17)19-18(20-25)8-12-22(13-9-18)15-14-21-10-4-1-5-11-21/h2-3,6-7,19-20H,1,4-5,8-15H2. The molecule has 0 amide bonds. The first-order chi connectivity index (χ1) is 12.1. The van der Waals surface area contributed by atoms with Crippen LogP contribution in [0.5, 0.6) is 0 Å². The number of para-hydroxylation sites is 1. The van der Waals surface area contributed by atoms with Gasteiger partial charge in [-0.1, -0.05) is 18.6 Å². The zero-order chi connectivity index (χ0) is 17.3. The van der Waals surface area contributed by atoms with E-state index in [2.05, 4.69) is 19.8 Å².